The summed E-state index contributed by atoms with van der Waals surface area (Å²) < 4.78 is 5.27. The molecule has 6 nitrogen and oxygen atoms in total. The number of fused-ring (bicyclic) bond motifs is 1. The molecular formula is C14H13NO5. The molecule has 1 heterocycles. The number of esters is 1. The molecule has 6 heteroatoms. The molecule has 0 unspecified atom stereocenters. The summed E-state index contributed by atoms with van der Waals surface area (Å²) in [6.07, 6.45) is 1.19. The molecule has 0 N–H and O–H groups in total. The first-order valence-electron chi connectivity index (χ1n) is 6.52. The van der Waals surface area contributed by atoms with Crippen molar-refractivity contribution in [1.82, 2.24) is 0 Å². The molecule has 1 fully saturated rings. The first-order chi connectivity index (χ1) is 9.55. The third-order valence-electron chi connectivity index (χ3n) is 4.26. The van der Waals surface area contributed by atoms with E-state index in [0.29, 0.717) is 24.2 Å². The fourth-order valence-electron chi connectivity index (χ4n) is 3.34. The summed E-state index contributed by atoms with van der Waals surface area (Å²) in [5.74, 6) is -1.27. The van der Waals surface area contributed by atoms with Crippen LogP contribution in [0.2, 0.25) is 0 Å². The average molecular weight is 275 g/mol. The van der Waals surface area contributed by atoms with Crippen LogP contribution in [0.4, 0.5) is 0 Å². The molecule has 0 amide bonds. The quantitative estimate of drug-likeness (QED) is 0.269. The van der Waals surface area contributed by atoms with E-state index >= 15 is 0 Å². The van der Waals surface area contributed by atoms with E-state index in [1.165, 1.54) is 0 Å². The number of benzene rings is 1. The van der Waals surface area contributed by atoms with Gasteiger partial charge < -0.3 is 4.74 Å². The van der Waals surface area contributed by atoms with Crippen LogP contribution >= 0.6 is 0 Å². The van der Waals surface area contributed by atoms with Gasteiger partial charge in [0.1, 0.15) is 11.2 Å². The van der Waals surface area contributed by atoms with Crippen LogP contribution in [0.15, 0.2) is 24.3 Å². The fourth-order valence-corrected chi connectivity index (χ4v) is 3.34. The van der Waals surface area contributed by atoms with Gasteiger partial charge in [0.15, 0.2) is 5.78 Å². The molecule has 1 aromatic carbocycles. The molecule has 20 heavy (non-hydrogen) atoms. The third kappa shape index (κ3) is 1.64. The summed E-state index contributed by atoms with van der Waals surface area (Å²) >= 11 is 0. The Labute approximate surface area is 114 Å². The monoisotopic (exact) mass is 275 g/mol. The Hall–Kier alpha value is -2.24. The standard InChI is InChI=1S/C14H13NO5/c16-12-6-3-7-14(12)10(8-15(18)19)9-4-1-2-5-11(9)20-13(14)17/h1-2,4-5,10H,3,6-8H2/t10-,14-/m1/s1. The number of rotatable bonds is 2. The van der Waals surface area contributed by atoms with Crippen molar-refractivity contribution in [2.45, 2.75) is 25.2 Å². The second kappa shape index (κ2) is 4.40. The van der Waals surface area contributed by atoms with Crippen LogP contribution in [0.5, 0.6) is 5.75 Å². The number of ketones is 1. The Morgan fingerprint density at radius 1 is 1.35 bits per heavy atom. The highest BCUT2D eigenvalue weighted by molar-refractivity contribution is 6.08. The number of para-hydroxylation sites is 1. The largest absolute Gasteiger partial charge is 0.425 e. The van der Waals surface area contributed by atoms with Crippen LogP contribution in [0, 0.1) is 15.5 Å². The Morgan fingerprint density at radius 2 is 2.10 bits per heavy atom. The van der Waals surface area contributed by atoms with Gasteiger partial charge in [-0.1, -0.05) is 18.2 Å². The highest BCUT2D eigenvalue weighted by atomic mass is 16.6. The third-order valence-corrected chi connectivity index (χ3v) is 4.26. The summed E-state index contributed by atoms with van der Waals surface area (Å²) in [6.45, 7) is -0.433. The minimum absolute atomic E-state index is 0.233. The number of Topliss-reactive ketones (excluding diaryl/α,β-unsaturated/α-hetero) is 1. The van der Waals surface area contributed by atoms with E-state index in [9.17, 15) is 19.7 Å². The maximum Gasteiger partial charge on any atom is 0.325 e. The van der Waals surface area contributed by atoms with E-state index in [4.69, 9.17) is 4.74 Å². The van der Waals surface area contributed by atoms with Crippen molar-refractivity contribution in [3.05, 3.63) is 39.9 Å². The van der Waals surface area contributed by atoms with Crippen molar-refractivity contribution in [2.24, 2.45) is 5.41 Å². The molecular weight excluding hydrogens is 262 g/mol. The Kier molecular flexibility index (Phi) is 2.81. The number of hydrogen-bond acceptors (Lipinski definition) is 5. The number of nitro groups is 1. The predicted octanol–water partition coefficient (Wildman–Crippen LogP) is 1.71. The molecule has 2 atom stereocenters. The molecule has 0 aromatic heterocycles. The normalized spacial score (nSPS) is 28.3. The van der Waals surface area contributed by atoms with Gasteiger partial charge in [-0.25, -0.2) is 0 Å². The van der Waals surface area contributed by atoms with E-state index in [0.717, 1.165) is 0 Å². The second-order valence-corrected chi connectivity index (χ2v) is 5.24. The summed E-state index contributed by atoms with van der Waals surface area (Å²) in [7, 11) is 0. The fraction of sp³-hybridized carbons (Fsp3) is 0.429. The van der Waals surface area contributed by atoms with Gasteiger partial charge in [-0.3, -0.25) is 19.7 Å². The number of nitrogens with zero attached hydrogens (tertiary/aromatic N) is 1. The molecule has 1 aliphatic heterocycles. The number of ether oxygens (including phenoxy) is 1. The van der Waals surface area contributed by atoms with Gasteiger partial charge in [0.25, 0.3) is 0 Å². The first kappa shape index (κ1) is 12.8. The van der Waals surface area contributed by atoms with Crippen molar-refractivity contribution in [2.75, 3.05) is 6.54 Å². The second-order valence-electron chi connectivity index (χ2n) is 5.24. The van der Waals surface area contributed by atoms with Gasteiger partial charge >= 0.3 is 5.97 Å². The molecule has 3 rings (SSSR count). The molecule has 0 radical (unpaired) electrons. The number of hydrogen-bond donors (Lipinski definition) is 0. The van der Waals surface area contributed by atoms with Crippen LogP contribution in [0.1, 0.15) is 30.7 Å². The highest BCUT2D eigenvalue weighted by Crippen LogP contribution is 2.52. The number of carbonyl (C=O) groups excluding carboxylic acids is 2. The van der Waals surface area contributed by atoms with Gasteiger partial charge in [-0.15, -0.1) is 0 Å². The van der Waals surface area contributed by atoms with Crippen molar-refractivity contribution >= 4 is 11.8 Å². The van der Waals surface area contributed by atoms with Gasteiger partial charge in [-0.05, 0) is 18.9 Å². The minimum atomic E-state index is -1.36. The van der Waals surface area contributed by atoms with Crippen LogP contribution in [0.25, 0.3) is 0 Å². The lowest BCUT2D eigenvalue weighted by Crippen LogP contribution is -2.48. The smallest absolute Gasteiger partial charge is 0.325 e. The van der Waals surface area contributed by atoms with Crippen LogP contribution < -0.4 is 4.74 Å². The maximum absolute atomic E-state index is 12.3. The Bertz CT molecular complexity index is 611. The van der Waals surface area contributed by atoms with Gasteiger partial charge in [0.2, 0.25) is 6.54 Å². The molecule has 1 spiro atoms. The molecule has 0 saturated heterocycles. The zero-order chi connectivity index (χ0) is 14.3. The first-order valence-corrected chi connectivity index (χ1v) is 6.52. The summed E-state index contributed by atoms with van der Waals surface area (Å²) in [5.41, 5.74) is -0.777. The van der Waals surface area contributed by atoms with E-state index < -0.39 is 28.8 Å². The molecule has 0 bridgehead atoms. The van der Waals surface area contributed by atoms with Crippen molar-refractivity contribution in [3.8, 4) is 5.75 Å². The van der Waals surface area contributed by atoms with E-state index in [1.54, 1.807) is 24.3 Å². The van der Waals surface area contributed by atoms with Gasteiger partial charge in [0, 0.05) is 16.9 Å². The van der Waals surface area contributed by atoms with E-state index in [-0.39, 0.29) is 12.2 Å². The van der Waals surface area contributed by atoms with Crippen molar-refractivity contribution in [3.63, 3.8) is 0 Å². The Morgan fingerprint density at radius 3 is 2.75 bits per heavy atom. The highest BCUT2D eigenvalue weighted by Gasteiger charge is 2.60. The Balaban J connectivity index is 2.17. The van der Waals surface area contributed by atoms with E-state index in [1.807, 2.05) is 0 Å². The molecule has 1 aromatic rings. The maximum atomic E-state index is 12.3. The lowest BCUT2D eigenvalue weighted by atomic mass is 9.68. The molecule has 1 saturated carbocycles. The lowest BCUT2D eigenvalue weighted by molar-refractivity contribution is -0.485. The molecule has 1 aliphatic carbocycles. The summed E-state index contributed by atoms with van der Waals surface area (Å²) in [4.78, 5) is 35.1. The van der Waals surface area contributed by atoms with Crippen molar-refractivity contribution < 1.29 is 19.2 Å². The molecule has 104 valence electrons. The lowest BCUT2D eigenvalue weighted by Gasteiger charge is -2.36. The number of carbonyl (C=O) groups is 2. The average Bonchev–Trinajstić information content (AvgIpc) is 2.78. The van der Waals surface area contributed by atoms with Gasteiger partial charge in [0.05, 0.1) is 5.92 Å². The van der Waals surface area contributed by atoms with E-state index in [2.05, 4.69) is 0 Å². The van der Waals surface area contributed by atoms with Crippen molar-refractivity contribution in [1.29, 1.82) is 0 Å². The topological polar surface area (TPSA) is 86.5 Å². The molecule has 2 aliphatic rings. The van der Waals surface area contributed by atoms with Crippen LogP contribution in [-0.4, -0.2) is 23.2 Å². The zero-order valence-electron chi connectivity index (χ0n) is 10.7. The summed E-state index contributed by atoms with van der Waals surface area (Å²) in [5, 5.41) is 11.0. The minimum Gasteiger partial charge on any atom is -0.425 e. The zero-order valence-corrected chi connectivity index (χ0v) is 10.7. The van der Waals surface area contributed by atoms with Crippen LogP contribution in [-0.2, 0) is 9.59 Å². The van der Waals surface area contributed by atoms with Crippen LogP contribution in [0.3, 0.4) is 0 Å². The summed E-state index contributed by atoms with van der Waals surface area (Å²) in [6, 6.07) is 6.73. The predicted molar refractivity (Wildman–Crippen MR) is 68.0 cm³/mol. The van der Waals surface area contributed by atoms with Gasteiger partial charge in [-0.2, -0.15) is 0 Å². The SMILES string of the molecule is O=C1CCC[C@]12C(=O)Oc1ccccc1[C@H]2C[N+](=O)[O-].